The highest BCUT2D eigenvalue weighted by atomic mass is 19.4. The molecule has 0 aliphatic carbocycles. The summed E-state index contributed by atoms with van der Waals surface area (Å²) in [5, 5.41) is 2.77. The van der Waals surface area contributed by atoms with E-state index in [4.69, 9.17) is 14.5 Å². The molecule has 3 aromatic rings. The first-order valence-electron chi connectivity index (χ1n) is 11.9. The number of halogens is 3. The summed E-state index contributed by atoms with van der Waals surface area (Å²) in [5.41, 5.74) is 2.31. The molecule has 0 saturated carbocycles. The number of alkyl halides is 3. The molecule has 1 amide bonds. The van der Waals surface area contributed by atoms with Crippen LogP contribution in [0.4, 0.5) is 13.2 Å². The molecule has 1 aliphatic heterocycles. The Morgan fingerprint density at radius 2 is 1.70 bits per heavy atom. The van der Waals surface area contributed by atoms with Crippen LogP contribution in [-0.2, 0) is 23.8 Å². The van der Waals surface area contributed by atoms with Gasteiger partial charge in [0.25, 0.3) is 11.8 Å². The normalized spacial score (nSPS) is 16.5. The van der Waals surface area contributed by atoms with E-state index in [0.717, 1.165) is 29.0 Å². The smallest absolute Gasteiger partial charge is 0.416 e. The van der Waals surface area contributed by atoms with Crippen molar-refractivity contribution in [2.45, 2.75) is 37.5 Å². The molecule has 0 bridgehead atoms. The van der Waals surface area contributed by atoms with Gasteiger partial charge in [0.15, 0.2) is 0 Å². The van der Waals surface area contributed by atoms with Crippen molar-refractivity contribution in [1.82, 2.24) is 20.2 Å². The van der Waals surface area contributed by atoms with Gasteiger partial charge in [-0.25, -0.2) is 9.97 Å². The monoisotopic (exact) mass is 514 g/mol. The van der Waals surface area contributed by atoms with Crippen molar-refractivity contribution in [3.63, 3.8) is 0 Å². The molecule has 2 unspecified atom stereocenters. The van der Waals surface area contributed by atoms with E-state index in [2.05, 4.69) is 15.2 Å². The largest absolute Gasteiger partial charge is 0.477 e. The predicted octanol–water partition coefficient (Wildman–Crippen LogP) is 4.53. The molecule has 0 radical (unpaired) electrons. The summed E-state index contributed by atoms with van der Waals surface area (Å²) < 4.78 is 49.8. The number of hydrogen-bond donors (Lipinski definition) is 1. The molecule has 2 atom stereocenters. The summed E-state index contributed by atoms with van der Waals surface area (Å²) in [6.45, 7) is 0.530. The average Bonchev–Trinajstić information content (AvgIpc) is 2.91. The third-order valence-corrected chi connectivity index (χ3v) is 6.58. The second kappa shape index (κ2) is 11.2. The number of aromatic nitrogens is 2. The van der Waals surface area contributed by atoms with Crippen LogP contribution in [0.3, 0.4) is 0 Å². The maximum Gasteiger partial charge on any atom is 0.416 e. The third-order valence-electron chi connectivity index (χ3n) is 6.58. The zero-order valence-electron chi connectivity index (χ0n) is 20.9. The minimum Gasteiger partial charge on any atom is -0.477 e. The molecule has 37 heavy (non-hydrogen) atoms. The number of aryl methyl sites for hydroxylation is 1. The SMILES string of the molecule is CNC(=O)C(c1ccccc1)N1CCc2nc(OC)c(OC)nc2C1CCc1ccc(C(F)(F)F)cc1. The Kier molecular flexibility index (Phi) is 7.97. The summed E-state index contributed by atoms with van der Waals surface area (Å²) in [4.78, 5) is 24.6. The summed E-state index contributed by atoms with van der Waals surface area (Å²) in [6.07, 6.45) is -2.87. The van der Waals surface area contributed by atoms with E-state index in [0.29, 0.717) is 31.5 Å². The molecule has 0 spiro atoms. The van der Waals surface area contributed by atoms with Gasteiger partial charge in [-0.15, -0.1) is 0 Å². The lowest BCUT2D eigenvalue weighted by Gasteiger charge is -2.40. The number of carbonyl (C=O) groups excluding carboxylic acids is 1. The van der Waals surface area contributed by atoms with Gasteiger partial charge in [0, 0.05) is 20.0 Å². The molecule has 4 rings (SSSR count). The fraction of sp³-hybridized carbons (Fsp3) is 0.370. The minimum atomic E-state index is -4.39. The Morgan fingerprint density at radius 3 is 2.30 bits per heavy atom. The fourth-order valence-corrected chi connectivity index (χ4v) is 4.75. The first kappa shape index (κ1) is 26.4. The van der Waals surface area contributed by atoms with Crippen LogP contribution in [0.5, 0.6) is 11.8 Å². The number of fused-ring (bicyclic) bond motifs is 1. The standard InChI is InChI=1S/C27H29F3N4O3/c1-31-24(35)23(18-7-5-4-6-8-18)34-16-15-20-22(33-26(37-3)25(32-20)36-2)21(34)14-11-17-9-12-19(13-10-17)27(28,29)30/h4-10,12-13,21,23H,11,14-16H2,1-3H3,(H,31,35). The van der Waals surface area contributed by atoms with Crippen molar-refractivity contribution >= 4 is 5.91 Å². The quantitative estimate of drug-likeness (QED) is 0.476. The Labute approximate surface area is 213 Å². The van der Waals surface area contributed by atoms with Gasteiger partial charge < -0.3 is 14.8 Å². The van der Waals surface area contributed by atoms with Crippen molar-refractivity contribution in [2.75, 3.05) is 27.8 Å². The van der Waals surface area contributed by atoms with E-state index in [9.17, 15) is 18.0 Å². The number of nitrogens with zero attached hydrogens (tertiary/aromatic N) is 3. The molecule has 2 heterocycles. The van der Waals surface area contributed by atoms with Crippen LogP contribution >= 0.6 is 0 Å². The van der Waals surface area contributed by atoms with Gasteiger partial charge in [0.1, 0.15) is 6.04 Å². The number of benzene rings is 2. The van der Waals surface area contributed by atoms with Crippen LogP contribution in [0.2, 0.25) is 0 Å². The lowest BCUT2D eigenvalue weighted by molar-refractivity contribution is -0.137. The molecular formula is C27H29F3N4O3. The summed E-state index contributed by atoms with van der Waals surface area (Å²) >= 11 is 0. The topological polar surface area (TPSA) is 76.6 Å². The number of amides is 1. The van der Waals surface area contributed by atoms with E-state index in [1.54, 1.807) is 7.05 Å². The zero-order valence-corrected chi connectivity index (χ0v) is 20.9. The predicted molar refractivity (Wildman–Crippen MR) is 131 cm³/mol. The highest BCUT2D eigenvalue weighted by Gasteiger charge is 2.38. The van der Waals surface area contributed by atoms with Crippen molar-refractivity contribution in [2.24, 2.45) is 0 Å². The van der Waals surface area contributed by atoms with Crippen LogP contribution in [-0.4, -0.2) is 48.6 Å². The molecule has 0 fully saturated rings. The molecule has 1 aromatic heterocycles. The second-order valence-corrected chi connectivity index (χ2v) is 8.74. The van der Waals surface area contributed by atoms with Gasteiger partial charge in [0.2, 0.25) is 5.91 Å². The van der Waals surface area contributed by atoms with Gasteiger partial charge >= 0.3 is 6.18 Å². The number of rotatable bonds is 8. The lowest BCUT2D eigenvalue weighted by atomic mass is 9.91. The Balaban J connectivity index is 1.73. The van der Waals surface area contributed by atoms with Crippen molar-refractivity contribution in [1.29, 1.82) is 0 Å². The molecule has 196 valence electrons. The maximum atomic E-state index is 13.2. The van der Waals surface area contributed by atoms with Crippen molar-refractivity contribution in [3.8, 4) is 11.8 Å². The number of nitrogens with one attached hydrogen (secondary N) is 1. The number of carbonyl (C=O) groups is 1. The van der Waals surface area contributed by atoms with Gasteiger partial charge in [-0.3, -0.25) is 9.69 Å². The van der Waals surface area contributed by atoms with Gasteiger partial charge in [0.05, 0.1) is 37.2 Å². The molecule has 10 heteroatoms. The number of hydrogen-bond acceptors (Lipinski definition) is 6. The zero-order chi connectivity index (χ0) is 26.6. The van der Waals surface area contributed by atoms with Crippen molar-refractivity contribution in [3.05, 3.63) is 82.7 Å². The van der Waals surface area contributed by atoms with E-state index >= 15 is 0 Å². The summed E-state index contributed by atoms with van der Waals surface area (Å²) in [7, 11) is 4.57. The number of methoxy groups -OCH3 is 2. The second-order valence-electron chi connectivity index (χ2n) is 8.74. The number of ether oxygens (including phenoxy) is 2. The van der Waals surface area contributed by atoms with Crippen LogP contribution in [0.1, 0.15) is 46.6 Å². The van der Waals surface area contributed by atoms with Crippen LogP contribution in [0.15, 0.2) is 54.6 Å². The van der Waals surface area contributed by atoms with Gasteiger partial charge in [-0.2, -0.15) is 13.2 Å². The summed E-state index contributed by atoms with van der Waals surface area (Å²) in [6, 6.07) is 13.7. The highest BCUT2D eigenvalue weighted by Crippen LogP contribution is 2.40. The van der Waals surface area contributed by atoms with E-state index in [-0.39, 0.29) is 23.7 Å². The molecule has 7 nitrogen and oxygen atoms in total. The highest BCUT2D eigenvalue weighted by molar-refractivity contribution is 5.83. The van der Waals surface area contributed by atoms with Crippen LogP contribution in [0, 0.1) is 0 Å². The minimum absolute atomic E-state index is 0.164. The molecule has 2 aromatic carbocycles. The molecule has 1 N–H and O–H groups in total. The Morgan fingerprint density at radius 1 is 1.05 bits per heavy atom. The average molecular weight is 515 g/mol. The van der Waals surface area contributed by atoms with Gasteiger partial charge in [-0.1, -0.05) is 42.5 Å². The van der Waals surface area contributed by atoms with E-state index in [1.807, 2.05) is 30.3 Å². The fourth-order valence-electron chi connectivity index (χ4n) is 4.75. The Hall–Kier alpha value is -3.66. The molecule has 1 aliphatic rings. The van der Waals surface area contributed by atoms with Gasteiger partial charge in [-0.05, 0) is 36.1 Å². The lowest BCUT2D eigenvalue weighted by Crippen LogP contribution is -2.45. The van der Waals surface area contributed by atoms with E-state index in [1.165, 1.54) is 26.4 Å². The molecular weight excluding hydrogens is 485 g/mol. The molecule has 0 saturated heterocycles. The van der Waals surface area contributed by atoms with Crippen LogP contribution < -0.4 is 14.8 Å². The third kappa shape index (κ3) is 5.69. The number of likely N-dealkylation sites (N-methyl/N-ethyl adjacent to an activating group) is 1. The maximum absolute atomic E-state index is 13.2. The van der Waals surface area contributed by atoms with Crippen molar-refractivity contribution < 1.29 is 27.4 Å². The van der Waals surface area contributed by atoms with Crippen LogP contribution in [0.25, 0.3) is 0 Å². The van der Waals surface area contributed by atoms with E-state index < -0.39 is 17.8 Å². The first-order valence-corrected chi connectivity index (χ1v) is 11.9. The first-order chi connectivity index (χ1) is 17.8. The Bertz CT molecular complexity index is 1220. The summed E-state index contributed by atoms with van der Waals surface area (Å²) in [5.74, 6) is 0.351.